The smallest absolute Gasteiger partial charge is 0.295 e. The first-order chi connectivity index (χ1) is 13.8. The molecular formula is C22H23BrN2O4. The molecule has 1 unspecified atom stereocenters. The van der Waals surface area contributed by atoms with E-state index in [1.54, 1.807) is 24.3 Å². The first-order valence-corrected chi connectivity index (χ1v) is 9.95. The Morgan fingerprint density at radius 3 is 2.48 bits per heavy atom. The maximum Gasteiger partial charge on any atom is 0.295 e. The van der Waals surface area contributed by atoms with Crippen molar-refractivity contribution in [3.8, 4) is 5.75 Å². The van der Waals surface area contributed by atoms with Crippen LogP contribution in [0, 0.1) is 0 Å². The first kappa shape index (κ1) is 21.1. The fourth-order valence-corrected chi connectivity index (χ4v) is 3.60. The van der Waals surface area contributed by atoms with Gasteiger partial charge in [-0.2, -0.15) is 0 Å². The zero-order chi connectivity index (χ0) is 21.1. The number of Topliss-reactive ketones (excluding diaryl/α,β-unsaturated/α-hetero) is 1. The molecule has 0 aliphatic carbocycles. The van der Waals surface area contributed by atoms with Gasteiger partial charge in [0.1, 0.15) is 11.5 Å². The Morgan fingerprint density at radius 2 is 1.86 bits per heavy atom. The average Bonchev–Trinajstić information content (AvgIpc) is 2.97. The molecule has 0 spiro atoms. The summed E-state index contributed by atoms with van der Waals surface area (Å²) < 4.78 is 6.11. The Labute approximate surface area is 178 Å². The normalized spacial score (nSPS) is 18.5. The van der Waals surface area contributed by atoms with Crippen molar-refractivity contribution < 1.29 is 19.4 Å². The summed E-state index contributed by atoms with van der Waals surface area (Å²) in [6.07, 6.45) is 0. The van der Waals surface area contributed by atoms with Crippen LogP contribution >= 0.6 is 15.9 Å². The molecule has 3 rings (SSSR count). The van der Waals surface area contributed by atoms with Gasteiger partial charge in [0, 0.05) is 23.1 Å². The molecule has 2 aromatic rings. The Morgan fingerprint density at radius 1 is 1.17 bits per heavy atom. The Hall–Kier alpha value is -2.64. The summed E-state index contributed by atoms with van der Waals surface area (Å²) in [6, 6.07) is 13.5. The molecule has 2 aromatic carbocycles. The van der Waals surface area contributed by atoms with Crippen LogP contribution in [0.2, 0.25) is 0 Å². The molecule has 0 saturated carbocycles. The number of hydrogen-bond acceptors (Lipinski definition) is 5. The van der Waals surface area contributed by atoms with Crippen molar-refractivity contribution in [3.63, 3.8) is 0 Å². The molecule has 1 saturated heterocycles. The minimum atomic E-state index is -0.683. The van der Waals surface area contributed by atoms with Gasteiger partial charge in [0.2, 0.25) is 0 Å². The van der Waals surface area contributed by atoms with Crippen molar-refractivity contribution in [3.05, 3.63) is 69.7 Å². The van der Waals surface area contributed by atoms with Gasteiger partial charge in [-0.25, -0.2) is 0 Å². The van der Waals surface area contributed by atoms with Gasteiger partial charge in [-0.3, -0.25) is 9.59 Å². The van der Waals surface area contributed by atoms with Crippen LogP contribution < -0.4 is 4.74 Å². The van der Waals surface area contributed by atoms with Gasteiger partial charge in [0.25, 0.3) is 11.7 Å². The molecule has 6 nitrogen and oxygen atoms in total. The van der Waals surface area contributed by atoms with Crippen LogP contribution in [0.5, 0.6) is 5.75 Å². The molecule has 29 heavy (non-hydrogen) atoms. The number of likely N-dealkylation sites (N-methyl/N-ethyl adjacent to an activating group) is 1. The molecule has 1 amide bonds. The summed E-state index contributed by atoms with van der Waals surface area (Å²) in [5.41, 5.74) is 1.28. The molecule has 1 aliphatic heterocycles. The third-order valence-electron chi connectivity index (χ3n) is 4.86. The van der Waals surface area contributed by atoms with E-state index in [1.165, 1.54) is 12.0 Å². The largest absolute Gasteiger partial charge is 0.507 e. The van der Waals surface area contributed by atoms with Gasteiger partial charge < -0.3 is 19.6 Å². The SMILES string of the molecule is COc1cccc(/C(O)=C2\C(=O)C(=O)N(CCN(C)C)C2c2ccc(Br)cc2)c1. The topological polar surface area (TPSA) is 70.1 Å². The number of carbonyl (C=O) groups excluding carboxylic acids is 2. The van der Waals surface area contributed by atoms with Crippen LogP contribution in [0.15, 0.2) is 58.6 Å². The zero-order valence-electron chi connectivity index (χ0n) is 16.6. The molecule has 0 bridgehead atoms. The minimum Gasteiger partial charge on any atom is -0.507 e. The van der Waals surface area contributed by atoms with E-state index < -0.39 is 17.7 Å². The summed E-state index contributed by atoms with van der Waals surface area (Å²) in [6.45, 7) is 0.965. The number of halogens is 1. The Balaban J connectivity index is 2.14. The monoisotopic (exact) mass is 458 g/mol. The lowest BCUT2D eigenvalue weighted by molar-refractivity contribution is -0.140. The van der Waals surface area contributed by atoms with E-state index in [4.69, 9.17) is 4.74 Å². The molecule has 1 N–H and O–H groups in total. The number of benzene rings is 2. The van der Waals surface area contributed by atoms with E-state index in [9.17, 15) is 14.7 Å². The lowest BCUT2D eigenvalue weighted by Crippen LogP contribution is -2.35. The number of ether oxygens (including phenoxy) is 1. The van der Waals surface area contributed by atoms with Gasteiger partial charge in [0.15, 0.2) is 0 Å². The number of aliphatic hydroxyl groups is 1. The van der Waals surface area contributed by atoms with E-state index in [0.717, 1.165) is 10.0 Å². The lowest BCUT2D eigenvalue weighted by Gasteiger charge is -2.26. The fraction of sp³-hybridized carbons (Fsp3) is 0.273. The summed E-state index contributed by atoms with van der Waals surface area (Å²) >= 11 is 3.41. The van der Waals surface area contributed by atoms with Crippen LogP contribution in [-0.2, 0) is 9.59 Å². The maximum absolute atomic E-state index is 12.9. The second kappa shape index (κ2) is 8.80. The van der Waals surface area contributed by atoms with E-state index in [0.29, 0.717) is 24.4 Å². The molecule has 1 heterocycles. The first-order valence-electron chi connectivity index (χ1n) is 9.16. The molecule has 0 radical (unpaired) electrons. The number of rotatable bonds is 6. The van der Waals surface area contributed by atoms with Crippen LogP contribution in [0.3, 0.4) is 0 Å². The molecule has 1 aliphatic rings. The van der Waals surface area contributed by atoms with E-state index in [1.807, 2.05) is 43.3 Å². The molecule has 1 atom stereocenters. The predicted octanol–water partition coefficient (Wildman–Crippen LogP) is 3.44. The van der Waals surface area contributed by atoms with Crippen molar-refractivity contribution in [1.29, 1.82) is 0 Å². The van der Waals surface area contributed by atoms with E-state index in [2.05, 4.69) is 15.9 Å². The number of carbonyl (C=O) groups is 2. The summed E-state index contributed by atoms with van der Waals surface area (Å²) in [7, 11) is 5.34. The summed E-state index contributed by atoms with van der Waals surface area (Å²) in [5, 5.41) is 11.0. The van der Waals surface area contributed by atoms with Crippen molar-refractivity contribution in [2.45, 2.75) is 6.04 Å². The van der Waals surface area contributed by atoms with E-state index in [-0.39, 0.29) is 11.3 Å². The third-order valence-corrected chi connectivity index (χ3v) is 5.39. The van der Waals surface area contributed by atoms with Crippen molar-refractivity contribution >= 4 is 33.4 Å². The fourth-order valence-electron chi connectivity index (χ4n) is 3.34. The van der Waals surface area contributed by atoms with Crippen molar-refractivity contribution in [1.82, 2.24) is 9.80 Å². The second-order valence-electron chi connectivity index (χ2n) is 7.08. The number of methoxy groups -OCH3 is 1. The minimum absolute atomic E-state index is 0.0873. The summed E-state index contributed by atoms with van der Waals surface area (Å²) in [4.78, 5) is 29.2. The van der Waals surface area contributed by atoms with Gasteiger partial charge >= 0.3 is 0 Å². The van der Waals surface area contributed by atoms with Gasteiger partial charge in [-0.05, 0) is 43.9 Å². The highest BCUT2D eigenvalue weighted by Crippen LogP contribution is 2.39. The zero-order valence-corrected chi connectivity index (χ0v) is 18.1. The van der Waals surface area contributed by atoms with Crippen LogP contribution in [0.4, 0.5) is 0 Å². The van der Waals surface area contributed by atoms with Gasteiger partial charge in [0.05, 0.1) is 18.7 Å². The number of nitrogens with zero attached hydrogens (tertiary/aromatic N) is 2. The standard InChI is InChI=1S/C22H23BrN2O4/c1-24(2)11-12-25-19(14-7-9-16(23)10-8-14)18(21(27)22(25)28)20(26)15-5-4-6-17(13-15)29-3/h4-10,13,19,26H,11-12H2,1-3H3/b20-18+. The highest BCUT2D eigenvalue weighted by atomic mass is 79.9. The second-order valence-corrected chi connectivity index (χ2v) is 7.99. The molecule has 1 fully saturated rings. The quantitative estimate of drug-likeness (QED) is 0.407. The molecule has 152 valence electrons. The Kier molecular flexibility index (Phi) is 6.39. The highest BCUT2D eigenvalue weighted by molar-refractivity contribution is 9.10. The predicted molar refractivity (Wildman–Crippen MR) is 115 cm³/mol. The number of hydrogen-bond donors (Lipinski definition) is 1. The van der Waals surface area contributed by atoms with Crippen molar-refractivity contribution in [2.24, 2.45) is 0 Å². The van der Waals surface area contributed by atoms with E-state index >= 15 is 0 Å². The third kappa shape index (κ3) is 4.36. The summed E-state index contributed by atoms with van der Waals surface area (Å²) in [5.74, 6) is -0.945. The molecule has 7 heteroatoms. The molecule has 0 aromatic heterocycles. The van der Waals surface area contributed by atoms with Gasteiger partial charge in [-0.15, -0.1) is 0 Å². The average molecular weight is 459 g/mol. The van der Waals surface area contributed by atoms with Crippen molar-refractivity contribution in [2.75, 3.05) is 34.3 Å². The number of amides is 1. The number of ketones is 1. The lowest BCUT2D eigenvalue weighted by atomic mass is 9.95. The highest BCUT2D eigenvalue weighted by Gasteiger charge is 2.45. The van der Waals surface area contributed by atoms with Crippen LogP contribution in [0.1, 0.15) is 17.2 Å². The Bertz CT molecular complexity index is 954. The number of likely N-dealkylation sites (tertiary alicyclic amines) is 1. The maximum atomic E-state index is 12.9. The van der Waals surface area contributed by atoms with Gasteiger partial charge in [-0.1, -0.05) is 40.2 Å². The number of aliphatic hydroxyl groups excluding tert-OH is 1. The van der Waals surface area contributed by atoms with Crippen LogP contribution in [-0.4, -0.2) is 60.9 Å². The molecular weight excluding hydrogens is 436 g/mol. The van der Waals surface area contributed by atoms with Crippen LogP contribution in [0.25, 0.3) is 5.76 Å².